The fourth-order valence-electron chi connectivity index (χ4n) is 2.98. The number of rotatable bonds is 1. The first-order chi connectivity index (χ1) is 9.46. The van der Waals surface area contributed by atoms with Crippen LogP contribution < -0.4 is 0 Å². The first-order valence-corrected chi connectivity index (χ1v) is 7.77. The monoisotopic (exact) mass is 364 g/mol. The Bertz CT molecular complexity index is 521. The van der Waals surface area contributed by atoms with Crippen LogP contribution in [0, 0.1) is 5.82 Å². The Morgan fingerprint density at radius 1 is 1.15 bits per heavy atom. The third kappa shape index (κ3) is 2.40. The summed E-state index contributed by atoms with van der Waals surface area (Å²) in [7, 11) is 0. The van der Waals surface area contributed by atoms with Crippen molar-refractivity contribution in [3.8, 4) is 0 Å². The molecule has 2 fully saturated rings. The van der Waals surface area contributed by atoms with Crippen LogP contribution in [-0.4, -0.2) is 24.1 Å². The number of ether oxygens (including phenoxy) is 2. The zero-order chi connectivity index (χ0) is 14.4. The summed E-state index contributed by atoms with van der Waals surface area (Å²) in [6.45, 7) is 1.16. The van der Waals surface area contributed by atoms with Crippen LogP contribution in [0.5, 0.6) is 0 Å². The number of halogens is 3. The normalized spacial score (nSPS) is 24.2. The Hall–Kier alpha value is -0.200. The highest BCUT2D eigenvalue weighted by atomic mass is 79.9. The van der Waals surface area contributed by atoms with E-state index in [0.29, 0.717) is 43.4 Å². The fraction of sp³-hybridized carbons (Fsp3) is 0.571. The lowest BCUT2D eigenvalue weighted by Gasteiger charge is -2.41. The highest BCUT2D eigenvalue weighted by Gasteiger charge is 2.47. The van der Waals surface area contributed by atoms with E-state index in [4.69, 9.17) is 21.1 Å². The van der Waals surface area contributed by atoms with Crippen molar-refractivity contribution in [2.75, 3.05) is 13.2 Å². The molecule has 0 amide bonds. The first-order valence-electron chi connectivity index (χ1n) is 6.60. The maximum absolute atomic E-state index is 14.3. The average Bonchev–Trinajstić information content (AvgIpc) is 2.89. The van der Waals surface area contributed by atoms with Gasteiger partial charge in [-0.05, 0) is 34.8 Å². The molecule has 0 aromatic heterocycles. The predicted molar refractivity (Wildman–Crippen MR) is 76.1 cm³/mol. The van der Waals surface area contributed by atoms with E-state index in [9.17, 15) is 9.50 Å². The van der Waals surface area contributed by atoms with E-state index in [-0.39, 0.29) is 10.6 Å². The largest absolute Gasteiger partial charge is 0.385 e. The van der Waals surface area contributed by atoms with Crippen LogP contribution in [0.4, 0.5) is 4.39 Å². The quantitative estimate of drug-likeness (QED) is 0.771. The molecule has 0 atom stereocenters. The minimum atomic E-state index is -1.21. The molecule has 1 aliphatic heterocycles. The SMILES string of the molecule is OC1(c2ccc(Br)c(Cl)c2F)CCC2(CC1)OCCO2. The Morgan fingerprint density at radius 3 is 2.35 bits per heavy atom. The second-order valence-corrected chi connectivity index (χ2v) is 6.59. The third-order valence-corrected chi connectivity index (χ3v) is 5.45. The molecule has 3 nitrogen and oxygen atoms in total. The predicted octanol–water partition coefficient (Wildman–Crippen LogP) is 3.75. The molecule has 0 radical (unpaired) electrons. The van der Waals surface area contributed by atoms with Crippen molar-refractivity contribution < 1.29 is 19.0 Å². The lowest BCUT2D eigenvalue weighted by atomic mass is 9.77. The van der Waals surface area contributed by atoms with Crippen molar-refractivity contribution >= 4 is 27.5 Å². The minimum Gasteiger partial charge on any atom is -0.385 e. The van der Waals surface area contributed by atoms with Gasteiger partial charge in [0.1, 0.15) is 5.82 Å². The van der Waals surface area contributed by atoms with Crippen LogP contribution in [0.2, 0.25) is 5.02 Å². The highest BCUT2D eigenvalue weighted by molar-refractivity contribution is 9.10. The summed E-state index contributed by atoms with van der Waals surface area (Å²) in [5, 5.41) is 10.8. The summed E-state index contributed by atoms with van der Waals surface area (Å²) in [5.74, 6) is -1.14. The molecule has 0 bridgehead atoms. The summed E-state index contributed by atoms with van der Waals surface area (Å²) in [4.78, 5) is 0. The van der Waals surface area contributed by atoms with Crippen LogP contribution in [-0.2, 0) is 15.1 Å². The minimum absolute atomic E-state index is 0.00424. The van der Waals surface area contributed by atoms with Gasteiger partial charge >= 0.3 is 0 Å². The smallest absolute Gasteiger partial charge is 0.168 e. The average molecular weight is 366 g/mol. The van der Waals surface area contributed by atoms with E-state index in [1.807, 2.05) is 0 Å². The van der Waals surface area contributed by atoms with Crippen molar-refractivity contribution in [1.82, 2.24) is 0 Å². The van der Waals surface area contributed by atoms with Crippen LogP contribution in [0.25, 0.3) is 0 Å². The Balaban J connectivity index is 1.86. The molecule has 1 saturated carbocycles. The zero-order valence-electron chi connectivity index (χ0n) is 10.8. The van der Waals surface area contributed by atoms with E-state index in [0.717, 1.165) is 0 Å². The van der Waals surface area contributed by atoms with E-state index in [2.05, 4.69) is 15.9 Å². The molecule has 1 aromatic rings. The molecular weight excluding hydrogens is 351 g/mol. The lowest BCUT2D eigenvalue weighted by Crippen LogP contribution is -2.42. The van der Waals surface area contributed by atoms with Crippen molar-refractivity contribution in [3.63, 3.8) is 0 Å². The summed E-state index contributed by atoms with van der Waals surface area (Å²) < 4.78 is 26.0. The van der Waals surface area contributed by atoms with Gasteiger partial charge in [-0.3, -0.25) is 0 Å². The second-order valence-electron chi connectivity index (χ2n) is 5.36. The van der Waals surface area contributed by atoms with Gasteiger partial charge in [-0.2, -0.15) is 0 Å². The van der Waals surface area contributed by atoms with Crippen LogP contribution in [0.15, 0.2) is 16.6 Å². The second kappa shape index (κ2) is 5.21. The van der Waals surface area contributed by atoms with Gasteiger partial charge in [-0.15, -0.1) is 0 Å². The van der Waals surface area contributed by atoms with Gasteiger partial charge in [0.25, 0.3) is 0 Å². The summed E-state index contributed by atoms with van der Waals surface area (Å²) in [6.07, 6.45) is 1.89. The van der Waals surface area contributed by atoms with E-state index >= 15 is 0 Å². The summed E-state index contributed by atoms with van der Waals surface area (Å²) >= 11 is 9.08. The molecule has 1 heterocycles. The van der Waals surface area contributed by atoms with Gasteiger partial charge in [-0.25, -0.2) is 4.39 Å². The fourth-order valence-corrected chi connectivity index (χ4v) is 3.46. The summed E-state index contributed by atoms with van der Waals surface area (Å²) in [6, 6.07) is 3.24. The molecule has 1 N–H and O–H groups in total. The molecule has 1 aromatic carbocycles. The number of aliphatic hydroxyl groups is 1. The molecule has 20 heavy (non-hydrogen) atoms. The number of hydrogen-bond acceptors (Lipinski definition) is 3. The third-order valence-electron chi connectivity index (χ3n) is 4.19. The zero-order valence-corrected chi connectivity index (χ0v) is 13.1. The van der Waals surface area contributed by atoms with Gasteiger partial charge in [0.05, 0.1) is 23.8 Å². The Labute approximate surface area is 130 Å². The molecule has 6 heteroatoms. The summed E-state index contributed by atoms with van der Waals surface area (Å²) in [5.41, 5.74) is -0.965. The van der Waals surface area contributed by atoms with Gasteiger partial charge in [-0.1, -0.05) is 17.7 Å². The van der Waals surface area contributed by atoms with Crippen molar-refractivity contribution in [2.24, 2.45) is 0 Å². The first kappa shape index (κ1) is 14.7. The molecule has 1 spiro atoms. The van der Waals surface area contributed by atoms with Crippen LogP contribution in [0.1, 0.15) is 31.2 Å². The van der Waals surface area contributed by atoms with E-state index in [1.165, 1.54) is 0 Å². The van der Waals surface area contributed by atoms with Gasteiger partial charge in [0.15, 0.2) is 5.79 Å². The molecule has 2 aliphatic rings. The van der Waals surface area contributed by atoms with Crippen molar-refractivity contribution in [3.05, 3.63) is 33.0 Å². The maximum Gasteiger partial charge on any atom is 0.168 e. The molecular formula is C14H15BrClFO3. The Morgan fingerprint density at radius 2 is 1.75 bits per heavy atom. The number of hydrogen-bond donors (Lipinski definition) is 1. The van der Waals surface area contributed by atoms with Crippen molar-refractivity contribution in [2.45, 2.75) is 37.1 Å². The molecule has 0 unspecified atom stereocenters. The molecule has 1 aliphatic carbocycles. The van der Waals surface area contributed by atoms with Crippen LogP contribution >= 0.6 is 27.5 Å². The molecule has 3 rings (SSSR count). The lowest BCUT2D eigenvalue weighted by molar-refractivity contribution is -0.204. The van der Waals surface area contributed by atoms with Gasteiger partial charge in [0.2, 0.25) is 0 Å². The molecule has 1 saturated heterocycles. The van der Waals surface area contributed by atoms with E-state index < -0.39 is 17.2 Å². The maximum atomic E-state index is 14.3. The van der Waals surface area contributed by atoms with Crippen molar-refractivity contribution in [1.29, 1.82) is 0 Å². The number of benzene rings is 1. The van der Waals surface area contributed by atoms with Gasteiger partial charge in [0, 0.05) is 22.9 Å². The van der Waals surface area contributed by atoms with Gasteiger partial charge < -0.3 is 14.6 Å². The molecule has 110 valence electrons. The standard InChI is InChI=1S/C14H15BrClFO3/c15-10-2-1-9(12(17)11(10)16)13(18)3-5-14(6-4-13)19-7-8-20-14/h1-2,18H,3-8H2. The topological polar surface area (TPSA) is 38.7 Å². The van der Waals surface area contributed by atoms with Crippen LogP contribution in [0.3, 0.4) is 0 Å². The van der Waals surface area contributed by atoms with E-state index in [1.54, 1.807) is 12.1 Å². The Kier molecular flexibility index (Phi) is 3.84. The highest BCUT2D eigenvalue weighted by Crippen LogP contribution is 2.46.